The van der Waals surface area contributed by atoms with Crippen LogP contribution < -0.4 is 5.32 Å². The smallest absolute Gasteiger partial charge is 0.124 e. The van der Waals surface area contributed by atoms with Gasteiger partial charge in [0.1, 0.15) is 11.9 Å². The minimum absolute atomic E-state index is 0.309. The molecule has 0 aliphatic heterocycles. The van der Waals surface area contributed by atoms with E-state index < -0.39 is 5.82 Å². The highest BCUT2D eigenvalue weighted by atomic mass is 19.1. The average molecular weight is 251 g/mol. The number of likely N-dealkylation sites (N-methyl/N-ethyl adjacent to an activating group) is 1. The van der Waals surface area contributed by atoms with Crippen molar-refractivity contribution >= 4 is 5.69 Å². The van der Waals surface area contributed by atoms with Crippen molar-refractivity contribution in [3.63, 3.8) is 0 Å². The minimum Gasteiger partial charge on any atom is -0.382 e. The molecule has 0 saturated carbocycles. The summed E-state index contributed by atoms with van der Waals surface area (Å²) in [6, 6.07) is 6.06. The highest BCUT2D eigenvalue weighted by molar-refractivity contribution is 5.57. The molecule has 0 bridgehead atoms. The maximum absolute atomic E-state index is 12.9. The second kappa shape index (κ2) is 7.64. The molecule has 98 valence electrons. The van der Waals surface area contributed by atoms with Crippen molar-refractivity contribution in [3.05, 3.63) is 29.6 Å². The highest BCUT2D eigenvalue weighted by Crippen LogP contribution is 2.15. The largest absolute Gasteiger partial charge is 0.382 e. The van der Waals surface area contributed by atoms with Crippen LogP contribution in [0, 0.1) is 17.1 Å². The van der Waals surface area contributed by atoms with Crippen LogP contribution in [0.1, 0.15) is 5.56 Å². The molecular formula is C13H18FN3O. The third-order valence-electron chi connectivity index (χ3n) is 2.35. The van der Waals surface area contributed by atoms with E-state index in [1.54, 1.807) is 6.07 Å². The summed E-state index contributed by atoms with van der Waals surface area (Å²) in [6.45, 7) is 2.69. The fraction of sp³-hybridized carbons (Fsp3) is 0.462. The molecule has 0 aliphatic rings. The summed E-state index contributed by atoms with van der Waals surface area (Å²) in [6.07, 6.45) is 0. The van der Waals surface area contributed by atoms with Crippen molar-refractivity contribution in [2.75, 3.05) is 45.7 Å². The lowest BCUT2D eigenvalue weighted by molar-refractivity contribution is 0.126. The van der Waals surface area contributed by atoms with E-state index in [1.807, 2.05) is 25.1 Å². The van der Waals surface area contributed by atoms with Gasteiger partial charge >= 0.3 is 0 Å². The number of ether oxygens (including phenoxy) is 1. The van der Waals surface area contributed by atoms with Crippen molar-refractivity contribution in [2.45, 2.75) is 0 Å². The van der Waals surface area contributed by atoms with Gasteiger partial charge in [-0.1, -0.05) is 0 Å². The molecule has 1 aromatic rings. The van der Waals surface area contributed by atoms with Crippen molar-refractivity contribution in [3.8, 4) is 6.07 Å². The zero-order valence-corrected chi connectivity index (χ0v) is 10.7. The van der Waals surface area contributed by atoms with E-state index >= 15 is 0 Å². The first-order chi connectivity index (χ1) is 8.63. The molecule has 18 heavy (non-hydrogen) atoms. The molecule has 0 amide bonds. The van der Waals surface area contributed by atoms with Gasteiger partial charge in [0.25, 0.3) is 0 Å². The summed E-state index contributed by atoms with van der Waals surface area (Å²) < 4.78 is 18.3. The van der Waals surface area contributed by atoms with Gasteiger partial charge in [-0.15, -0.1) is 0 Å². The summed E-state index contributed by atoms with van der Waals surface area (Å²) in [4.78, 5) is 2.04. The number of benzene rings is 1. The highest BCUT2D eigenvalue weighted by Gasteiger charge is 2.02. The fourth-order valence-corrected chi connectivity index (χ4v) is 1.37. The van der Waals surface area contributed by atoms with Crippen LogP contribution in [-0.4, -0.2) is 45.3 Å². The van der Waals surface area contributed by atoms with E-state index in [2.05, 4.69) is 5.32 Å². The molecule has 5 heteroatoms. The zero-order chi connectivity index (χ0) is 13.4. The molecule has 0 saturated heterocycles. The molecule has 1 aromatic carbocycles. The van der Waals surface area contributed by atoms with Crippen LogP contribution >= 0.6 is 0 Å². The van der Waals surface area contributed by atoms with Crippen molar-refractivity contribution < 1.29 is 9.13 Å². The molecule has 0 atom stereocenters. The summed E-state index contributed by atoms with van der Waals surface area (Å²) in [7, 11) is 3.97. The Labute approximate surface area is 107 Å². The first-order valence-corrected chi connectivity index (χ1v) is 5.79. The summed E-state index contributed by atoms with van der Waals surface area (Å²) >= 11 is 0. The van der Waals surface area contributed by atoms with Crippen LogP contribution in [0.2, 0.25) is 0 Å². The number of rotatable bonds is 7. The van der Waals surface area contributed by atoms with Gasteiger partial charge in [0, 0.05) is 13.1 Å². The first-order valence-electron chi connectivity index (χ1n) is 5.79. The monoisotopic (exact) mass is 251 g/mol. The Morgan fingerprint density at radius 3 is 2.83 bits per heavy atom. The third-order valence-corrected chi connectivity index (χ3v) is 2.35. The van der Waals surface area contributed by atoms with Crippen LogP contribution in [0.15, 0.2) is 18.2 Å². The molecule has 0 aliphatic carbocycles. The van der Waals surface area contributed by atoms with Gasteiger partial charge in [-0.3, -0.25) is 0 Å². The van der Waals surface area contributed by atoms with Gasteiger partial charge in [-0.25, -0.2) is 4.39 Å². The molecular weight excluding hydrogens is 233 g/mol. The van der Waals surface area contributed by atoms with Gasteiger partial charge in [-0.2, -0.15) is 5.26 Å². The molecule has 0 unspecified atom stereocenters. The van der Waals surface area contributed by atoms with E-state index in [0.717, 1.165) is 6.54 Å². The van der Waals surface area contributed by atoms with Crippen molar-refractivity contribution in [2.24, 2.45) is 0 Å². The number of hydrogen-bond acceptors (Lipinski definition) is 4. The van der Waals surface area contributed by atoms with E-state index in [-0.39, 0.29) is 0 Å². The Balaban J connectivity index is 2.29. The van der Waals surface area contributed by atoms with Crippen LogP contribution in [0.5, 0.6) is 0 Å². The van der Waals surface area contributed by atoms with Gasteiger partial charge in [-0.05, 0) is 32.3 Å². The maximum Gasteiger partial charge on any atom is 0.124 e. The molecule has 0 aromatic heterocycles. The molecule has 1 rings (SSSR count). The quantitative estimate of drug-likeness (QED) is 0.749. The molecule has 4 nitrogen and oxygen atoms in total. The lowest BCUT2D eigenvalue weighted by Crippen LogP contribution is -2.20. The van der Waals surface area contributed by atoms with Crippen molar-refractivity contribution in [1.29, 1.82) is 5.26 Å². The minimum atomic E-state index is -0.403. The van der Waals surface area contributed by atoms with E-state index in [9.17, 15) is 4.39 Å². The fourth-order valence-electron chi connectivity index (χ4n) is 1.37. The topological polar surface area (TPSA) is 48.3 Å². The lowest BCUT2D eigenvalue weighted by atomic mass is 10.2. The van der Waals surface area contributed by atoms with Gasteiger partial charge < -0.3 is 15.0 Å². The van der Waals surface area contributed by atoms with Gasteiger partial charge in [0.2, 0.25) is 0 Å². The number of nitrogens with zero attached hydrogens (tertiary/aromatic N) is 2. The predicted octanol–water partition coefficient (Wildman–Crippen LogP) is 1.69. The Morgan fingerprint density at radius 2 is 2.17 bits per heavy atom. The van der Waals surface area contributed by atoms with Crippen LogP contribution in [0.3, 0.4) is 0 Å². The van der Waals surface area contributed by atoms with Crippen molar-refractivity contribution in [1.82, 2.24) is 4.90 Å². The van der Waals surface area contributed by atoms with E-state index in [0.29, 0.717) is 31.0 Å². The molecule has 0 fully saturated rings. The van der Waals surface area contributed by atoms with Gasteiger partial charge in [0.05, 0.1) is 24.5 Å². The van der Waals surface area contributed by atoms with Crippen LogP contribution in [0.25, 0.3) is 0 Å². The average Bonchev–Trinajstić information content (AvgIpc) is 2.34. The van der Waals surface area contributed by atoms with E-state index in [1.165, 1.54) is 12.1 Å². The van der Waals surface area contributed by atoms with Gasteiger partial charge in [0.15, 0.2) is 0 Å². The molecule has 0 heterocycles. The Morgan fingerprint density at radius 1 is 1.39 bits per heavy atom. The third kappa shape index (κ3) is 5.13. The number of nitriles is 1. The Hall–Kier alpha value is -1.64. The summed E-state index contributed by atoms with van der Waals surface area (Å²) in [5.74, 6) is -0.403. The number of hydrogen-bond donors (Lipinski definition) is 1. The van der Waals surface area contributed by atoms with Crippen LogP contribution in [-0.2, 0) is 4.74 Å². The van der Waals surface area contributed by atoms with Crippen LogP contribution in [0.4, 0.5) is 10.1 Å². The second-order valence-electron chi connectivity index (χ2n) is 4.14. The number of anilines is 1. The lowest BCUT2D eigenvalue weighted by Gasteiger charge is -2.11. The number of nitrogens with one attached hydrogen (secondary N) is 1. The second-order valence-corrected chi connectivity index (χ2v) is 4.14. The molecule has 0 spiro atoms. The summed E-state index contributed by atoms with van der Waals surface area (Å²) in [5, 5.41) is 11.9. The molecule has 0 radical (unpaired) electrons. The maximum atomic E-state index is 12.9. The normalized spacial score (nSPS) is 10.4. The Bertz CT molecular complexity index is 415. The SMILES string of the molecule is CN(C)CCOCCNc1ccc(F)cc1C#N. The summed E-state index contributed by atoms with van der Waals surface area (Å²) in [5.41, 5.74) is 0.943. The zero-order valence-electron chi connectivity index (χ0n) is 10.7. The first kappa shape index (κ1) is 14.4. The predicted molar refractivity (Wildman–Crippen MR) is 69.0 cm³/mol. The standard InChI is InChI=1S/C13H18FN3O/c1-17(2)6-8-18-7-5-16-13-4-3-12(14)9-11(13)10-15/h3-4,9,16H,5-8H2,1-2H3. The Kier molecular flexibility index (Phi) is 6.12. The van der Waals surface area contributed by atoms with E-state index in [4.69, 9.17) is 10.00 Å². The molecule has 1 N–H and O–H groups in total. The number of halogens is 1.